The van der Waals surface area contributed by atoms with Crippen molar-refractivity contribution in [2.75, 3.05) is 20.2 Å². The number of likely N-dealkylation sites (tertiary alicyclic amines) is 1. The van der Waals surface area contributed by atoms with Crippen LogP contribution in [0.2, 0.25) is 0 Å². The van der Waals surface area contributed by atoms with Gasteiger partial charge >= 0.3 is 0 Å². The van der Waals surface area contributed by atoms with Gasteiger partial charge in [-0.25, -0.2) is 0 Å². The number of carbonyl (C=O) groups excluding carboxylic acids is 1. The molecule has 0 N–H and O–H groups in total. The molecule has 150 valence electrons. The Labute approximate surface area is 187 Å². The van der Waals surface area contributed by atoms with Gasteiger partial charge in [-0.05, 0) is 70.2 Å². The van der Waals surface area contributed by atoms with Gasteiger partial charge in [0.25, 0.3) is 5.91 Å². The van der Waals surface area contributed by atoms with E-state index in [0.29, 0.717) is 41.2 Å². The summed E-state index contributed by atoms with van der Waals surface area (Å²) in [5.74, 6) is 0.862. The van der Waals surface area contributed by atoms with E-state index in [9.17, 15) is 10.1 Å². The summed E-state index contributed by atoms with van der Waals surface area (Å²) >= 11 is 6.94. The fourth-order valence-corrected chi connectivity index (χ4v) is 3.94. The quantitative estimate of drug-likeness (QED) is 0.382. The molecule has 29 heavy (non-hydrogen) atoms. The molecule has 3 rings (SSSR count). The van der Waals surface area contributed by atoms with E-state index in [2.05, 4.69) is 31.9 Å². The molecule has 0 atom stereocenters. The van der Waals surface area contributed by atoms with E-state index < -0.39 is 0 Å². The number of nitriles is 1. The van der Waals surface area contributed by atoms with Crippen molar-refractivity contribution in [3.8, 4) is 17.6 Å². The number of rotatable bonds is 6. The van der Waals surface area contributed by atoms with E-state index in [1.165, 1.54) is 0 Å². The zero-order chi connectivity index (χ0) is 20.8. The summed E-state index contributed by atoms with van der Waals surface area (Å²) in [5, 5.41) is 9.46. The minimum Gasteiger partial charge on any atom is -0.493 e. The molecule has 1 amide bonds. The molecule has 1 saturated heterocycles. The Kier molecular flexibility index (Phi) is 7.34. The van der Waals surface area contributed by atoms with Gasteiger partial charge in [-0.2, -0.15) is 5.26 Å². The van der Waals surface area contributed by atoms with Gasteiger partial charge in [-0.1, -0.05) is 28.1 Å². The Bertz CT molecular complexity index is 959. The topological polar surface area (TPSA) is 62.6 Å². The van der Waals surface area contributed by atoms with Crippen molar-refractivity contribution in [2.45, 2.75) is 19.4 Å². The van der Waals surface area contributed by atoms with Crippen LogP contribution >= 0.6 is 31.9 Å². The molecule has 0 radical (unpaired) electrons. The average molecular weight is 520 g/mol. The first-order valence-corrected chi connectivity index (χ1v) is 10.8. The highest BCUT2D eigenvalue weighted by Gasteiger charge is 2.22. The highest BCUT2D eigenvalue weighted by Crippen LogP contribution is 2.38. The van der Waals surface area contributed by atoms with Crippen molar-refractivity contribution in [3.63, 3.8) is 0 Å². The van der Waals surface area contributed by atoms with E-state index in [0.717, 1.165) is 22.9 Å². The van der Waals surface area contributed by atoms with Crippen molar-refractivity contribution in [3.05, 3.63) is 62.0 Å². The molecule has 0 aliphatic carbocycles. The van der Waals surface area contributed by atoms with Crippen LogP contribution in [0, 0.1) is 11.3 Å². The number of nitrogens with zero attached hydrogens (tertiary/aromatic N) is 2. The van der Waals surface area contributed by atoms with Gasteiger partial charge in [0.15, 0.2) is 11.5 Å². The molecule has 1 aliphatic heterocycles. The molecule has 0 spiro atoms. The van der Waals surface area contributed by atoms with Crippen molar-refractivity contribution in [2.24, 2.45) is 0 Å². The maximum atomic E-state index is 12.5. The van der Waals surface area contributed by atoms with Crippen LogP contribution < -0.4 is 9.47 Å². The Balaban J connectivity index is 1.82. The van der Waals surface area contributed by atoms with E-state index in [1.807, 2.05) is 36.4 Å². The summed E-state index contributed by atoms with van der Waals surface area (Å²) in [7, 11) is 1.56. The molecule has 1 fully saturated rings. The summed E-state index contributed by atoms with van der Waals surface area (Å²) in [6.07, 6.45) is 3.55. The minimum atomic E-state index is -0.226. The third-order valence-corrected chi connectivity index (χ3v) is 5.72. The van der Waals surface area contributed by atoms with Crippen LogP contribution in [0.3, 0.4) is 0 Å². The number of carbonyl (C=O) groups is 1. The SMILES string of the molecule is COc1cc(/C=C(\C#N)C(=O)N2CCCC2)cc(Br)c1OCc1ccc(Br)cc1. The normalized spacial score (nSPS) is 13.9. The van der Waals surface area contributed by atoms with E-state index in [4.69, 9.17) is 9.47 Å². The molecule has 1 aliphatic rings. The van der Waals surface area contributed by atoms with Crippen molar-refractivity contribution in [1.29, 1.82) is 5.26 Å². The standard InChI is InChI=1S/C22H20Br2N2O3/c1-28-20-12-16(10-17(13-25)22(27)26-8-2-3-9-26)11-19(24)21(20)29-14-15-4-6-18(23)7-5-15/h4-7,10-12H,2-3,8-9,14H2,1H3/b17-10+. The Morgan fingerprint density at radius 2 is 1.90 bits per heavy atom. The zero-order valence-electron chi connectivity index (χ0n) is 16.0. The van der Waals surface area contributed by atoms with Crippen molar-refractivity contribution < 1.29 is 14.3 Å². The van der Waals surface area contributed by atoms with Crippen LogP contribution in [0.15, 0.2) is 50.9 Å². The van der Waals surface area contributed by atoms with Crippen LogP contribution in [-0.4, -0.2) is 31.0 Å². The molecule has 1 heterocycles. The van der Waals surface area contributed by atoms with Crippen LogP contribution in [0.4, 0.5) is 0 Å². The van der Waals surface area contributed by atoms with Crippen LogP contribution in [0.1, 0.15) is 24.0 Å². The highest BCUT2D eigenvalue weighted by atomic mass is 79.9. The first-order chi connectivity index (χ1) is 14.0. The van der Waals surface area contributed by atoms with Crippen LogP contribution in [0.25, 0.3) is 6.08 Å². The average Bonchev–Trinajstić information content (AvgIpc) is 3.26. The predicted octanol–water partition coefficient (Wildman–Crippen LogP) is 5.33. The Morgan fingerprint density at radius 1 is 1.21 bits per heavy atom. The lowest BCUT2D eigenvalue weighted by molar-refractivity contribution is -0.125. The van der Waals surface area contributed by atoms with Gasteiger partial charge in [0, 0.05) is 17.6 Å². The first kappa shape index (κ1) is 21.4. The van der Waals surface area contributed by atoms with Gasteiger partial charge in [0.2, 0.25) is 0 Å². The van der Waals surface area contributed by atoms with Crippen LogP contribution in [0.5, 0.6) is 11.5 Å². The van der Waals surface area contributed by atoms with Crippen molar-refractivity contribution in [1.82, 2.24) is 4.90 Å². The molecule has 0 bridgehead atoms. The fourth-order valence-electron chi connectivity index (χ4n) is 3.10. The van der Waals surface area contributed by atoms with E-state index in [1.54, 1.807) is 24.2 Å². The third kappa shape index (κ3) is 5.40. The summed E-state index contributed by atoms with van der Waals surface area (Å²) in [6.45, 7) is 1.79. The van der Waals surface area contributed by atoms with E-state index >= 15 is 0 Å². The second-order valence-corrected chi connectivity index (χ2v) is 8.39. The van der Waals surface area contributed by atoms with Gasteiger partial charge in [-0.3, -0.25) is 4.79 Å². The number of amides is 1. The molecule has 5 nitrogen and oxygen atoms in total. The summed E-state index contributed by atoms with van der Waals surface area (Å²) in [5.41, 5.74) is 1.83. The number of hydrogen-bond donors (Lipinski definition) is 0. The van der Waals surface area contributed by atoms with Gasteiger partial charge < -0.3 is 14.4 Å². The maximum absolute atomic E-state index is 12.5. The van der Waals surface area contributed by atoms with Gasteiger partial charge in [0.05, 0.1) is 11.6 Å². The molecule has 2 aromatic carbocycles. The largest absolute Gasteiger partial charge is 0.493 e. The lowest BCUT2D eigenvalue weighted by Crippen LogP contribution is -2.28. The second kappa shape index (κ2) is 9.95. The number of halogens is 2. The smallest absolute Gasteiger partial charge is 0.264 e. The maximum Gasteiger partial charge on any atom is 0.264 e. The number of benzene rings is 2. The molecule has 2 aromatic rings. The van der Waals surface area contributed by atoms with Crippen molar-refractivity contribution >= 4 is 43.8 Å². The van der Waals surface area contributed by atoms with E-state index in [-0.39, 0.29) is 11.5 Å². The highest BCUT2D eigenvalue weighted by molar-refractivity contribution is 9.10. The molecular formula is C22H20Br2N2O3. The molecule has 0 unspecified atom stereocenters. The minimum absolute atomic E-state index is 0.115. The molecular weight excluding hydrogens is 500 g/mol. The second-order valence-electron chi connectivity index (χ2n) is 6.62. The Morgan fingerprint density at radius 3 is 2.52 bits per heavy atom. The first-order valence-electron chi connectivity index (χ1n) is 9.17. The lowest BCUT2D eigenvalue weighted by atomic mass is 10.1. The van der Waals surface area contributed by atoms with Gasteiger partial charge in [-0.15, -0.1) is 0 Å². The zero-order valence-corrected chi connectivity index (χ0v) is 19.1. The number of hydrogen-bond acceptors (Lipinski definition) is 4. The number of ether oxygens (including phenoxy) is 2. The number of methoxy groups -OCH3 is 1. The summed E-state index contributed by atoms with van der Waals surface area (Å²) < 4.78 is 13.1. The Hall–Kier alpha value is -2.30. The summed E-state index contributed by atoms with van der Waals surface area (Å²) in [6, 6.07) is 13.5. The molecule has 0 saturated carbocycles. The summed E-state index contributed by atoms with van der Waals surface area (Å²) in [4.78, 5) is 14.3. The van der Waals surface area contributed by atoms with Crippen LogP contribution in [-0.2, 0) is 11.4 Å². The predicted molar refractivity (Wildman–Crippen MR) is 119 cm³/mol. The molecule has 0 aromatic heterocycles. The third-order valence-electron chi connectivity index (χ3n) is 4.60. The lowest BCUT2D eigenvalue weighted by Gasteiger charge is -2.15. The van der Waals surface area contributed by atoms with Gasteiger partial charge in [0.1, 0.15) is 18.2 Å². The fraction of sp³-hybridized carbons (Fsp3) is 0.273. The monoisotopic (exact) mass is 518 g/mol. The molecule has 7 heteroatoms.